The molecule has 1 saturated heterocycles. The summed E-state index contributed by atoms with van der Waals surface area (Å²) in [5.74, 6) is 0.640. The zero-order valence-electron chi connectivity index (χ0n) is 15.6. The second-order valence-electron chi connectivity index (χ2n) is 7.63. The second kappa shape index (κ2) is 8.44. The molecule has 2 aliphatic rings. The van der Waals surface area contributed by atoms with E-state index in [-0.39, 0.29) is 5.91 Å². The van der Waals surface area contributed by atoms with Crippen LogP contribution in [0.4, 0.5) is 0 Å². The maximum atomic E-state index is 12.9. The normalized spacial score (nSPS) is 19.5. The molecule has 6 heteroatoms. The zero-order chi connectivity index (χ0) is 18.6. The Morgan fingerprint density at radius 1 is 1.22 bits per heavy atom. The molecule has 1 fully saturated rings. The van der Waals surface area contributed by atoms with E-state index < -0.39 is 0 Å². The van der Waals surface area contributed by atoms with Crippen LogP contribution in [0.1, 0.15) is 53.8 Å². The number of fused-ring (bicyclic) bond motifs is 1. The Labute approximate surface area is 165 Å². The van der Waals surface area contributed by atoms with Crippen molar-refractivity contribution >= 4 is 17.5 Å². The minimum atomic E-state index is -0.0354. The van der Waals surface area contributed by atoms with E-state index in [1.165, 1.54) is 18.5 Å². The highest BCUT2D eigenvalue weighted by atomic mass is 35.5. The lowest BCUT2D eigenvalue weighted by atomic mass is 10.0. The summed E-state index contributed by atoms with van der Waals surface area (Å²) in [4.78, 5) is 12.9. The van der Waals surface area contributed by atoms with Crippen molar-refractivity contribution in [3.63, 3.8) is 0 Å². The molecule has 27 heavy (non-hydrogen) atoms. The van der Waals surface area contributed by atoms with Gasteiger partial charge >= 0.3 is 0 Å². The third-order valence-corrected chi connectivity index (χ3v) is 5.97. The standard InChI is InChI=1S/C21H27ClN4O/c22-16-6-8-17(9-7-16)26-19-5-3-1-2-4-18(19)20(25-26)21(27)24-13-11-15-10-12-23-14-15/h6-9,15,23H,1-5,10-14H2,(H,24,27). The molecule has 2 N–H and O–H groups in total. The van der Waals surface area contributed by atoms with Crippen LogP contribution in [-0.2, 0) is 12.8 Å². The van der Waals surface area contributed by atoms with Crippen molar-refractivity contribution < 1.29 is 4.79 Å². The largest absolute Gasteiger partial charge is 0.351 e. The zero-order valence-corrected chi connectivity index (χ0v) is 16.4. The molecular formula is C21H27ClN4O. The Morgan fingerprint density at radius 2 is 2.04 bits per heavy atom. The van der Waals surface area contributed by atoms with Gasteiger partial charge in [-0.2, -0.15) is 5.10 Å². The molecule has 1 atom stereocenters. The van der Waals surface area contributed by atoms with Gasteiger partial charge in [0.25, 0.3) is 5.91 Å². The Kier molecular flexibility index (Phi) is 5.79. The fourth-order valence-electron chi connectivity index (χ4n) is 4.19. The average Bonchev–Trinajstić information content (AvgIpc) is 3.24. The number of amides is 1. The first-order valence-electron chi connectivity index (χ1n) is 10.1. The topological polar surface area (TPSA) is 59.0 Å². The van der Waals surface area contributed by atoms with Crippen LogP contribution in [0.2, 0.25) is 5.02 Å². The summed E-state index contributed by atoms with van der Waals surface area (Å²) in [6.07, 6.45) is 7.58. The van der Waals surface area contributed by atoms with E-state index in [9.17, 15) is 4.79 Å². The van der Waals surface area contributed by atoms with Crippen LogP contribution in [0.5, 0.6) is 0 Å². The molecule has 144 valence electrons. The van der Waals surface area contributed by atoms with Crippen molar-refractivity contribution in [2.24, 2.45) is 5.92 Å². The number of carbonyl (C=O) groups excluding carboxylic acids is 1. The highest BCUT2D eigenvalue weighted by Gasteiger charge is 2.25. The van der Waals surface area contributed by atoms with E-state index in [1.807, 2.05) is 28.9 Å². The molecule has 1 aliphatic heterocycles. The van der Waals surface area contributed by atoms with Gasteiger partial charge in [-0.3, -0.25) is 4.79 Å². The third-order valence-electron chi connectivity index (χ3n) is 5.72. The summed E-state index contributed by atoms with van der Waals surface area (Å²) < 4.78 is 1.95. The highest BCUT2D eigenvalue weighted by molar-refractivity contribution is 6.30. The minimum Gasteiger partial charge on any atom is -0.351 e. The molecule has 1 aromatic heterocycles. The van der Waals surface area contributed by atoms with Gasteiger partial charge in [-0.1, -0.05) is 18.0 Å². The Morgan fingerprint density at radius 3 is 2.81 bits per heavy atom. The van der Waals surface area contributed by atoms with Crippen LogP contribution in [0.3, 0.4) is 0 Å². The van der Waals surface area contributed by atoms with Crippen molar-refractivity contribution in [2.75, 3.05) is 19.6 Å². The number of hydrogen-bond donors (Lipinski definition) is 2. The van der Waals surface area contributed by atoms with Crippen molar-refractivity contribution in [2.45, 2.75) is 44.9 Å². The van der Waals surface area contributed by atoms with Gasteiger partial charge in [-0.05, 0) is 81.8 Å². The number of carbonyl (C=O) groups is 1. The number of halogens is 1. The first kappa shape index (κ1) is 18.5. The summed E-state index contributed by atoms with van der Waals surface area (Å²) in [6.45, 7) is 2.88. The third kappa shape index (κ3) is 4.19. The van der Waals surface area contributed by atoms with Gasteiger partial charge in [0.2, 0.25) is 0 Å². The summed E-state index contributed by atoms with van der Waals surface area (Å²) in [7, 11) is 0. The van der Waals surface area contributed by atoms with Crippen molar-refractivity contribution in [1.82, 2.24) is 20.4 Å². The Balaban J connectivity index is 1.56. The molecule has 0 saturated carbocycles. The Hall–Kier alpha value is -1.85. The predicted octanol–water partition coefficient (Wildman–Crippen LogP) is 3.52. The molecule has 1 aromatic carbocycles. The molecule has 5 nitrogen and oxygen atoms in total. The van der Waals surface area contributed by atoms with Gasteiger partial charge in [0.15, 0.2) is 5.69 Å². The number of aromatic nitrogens is 2. The smallest absolute Gasteiger partial charge is 0.272 e. The van der Waals surface area contributed by atoms with E-state index in [0.717, 1.165) is 56.4 Å². The van der Waals surface area contributed by atoms with Crippen LogP contribution >= 0.6 is 11.6 Å². The van der Waals surface area contributed by atoms with Crippen LogP contribution in [-0.4, -0.2) is 35.3 Å². The second-order valence-corrected chi connectivity index (χ2v) is 8.06. The maximum Gasteiger partial charge on any atom is 0.272 e. The number of benzene rings is 1. The lowest BCUT2D eigenvalue weighted by molar-refractivity contribution is 0.0945. The SMILES string of the molecule is O=C(NCCC1CCNC1)c1nn(-c2ccc(Cl)cc2)c2c1CCCCC2. The van der Waals surface area contributed by atoms with Gasteiger partial charge < -0.3 is 10.6 Å². The maximum absolute atomic E-state index is 12.9. The average molecular weight is 387 g/mol. The molecule has 2 aromatic rings. The molecule has 0 radical (unpaired) electrons. The molecule has 0 bridgehead atoms. The monoisotopic (exact) mass is 386 g/mol. The summed E-state index contributed by atoms with van der Waals surface area (Å²) in [6, 6.07) is 7.68. The quantitative estimate of drug-likeness (QED) is 0.773. The molecule has 2 heterocycles. The molecule has 1 unspecified atom stereocenters. The summed E-state index contributed by atoms with van der Waals surface area (Å²) >= 11 is 6.04. The van der Waals surface area contributed by atoms with Gasteiger partial charge in [-0.15, -0.1) is 0 Å². The first-order chi connectivity index (χ1) is 13.2. The number of nitrogens with zero attached hydrogens (tertiary/aromatic N) is 2. The number of rotatable bonds is 5. The van der Waals surface area contributed by atoms with Crippen molar-refractivity contribution in [1.29, 1.82) is 0 Å². The van der Waals surface area contributed by atoms with Crippen molar-refractivity contribution in [3.05, 3.63) is 46.2 Å². The van der Waals surface area contributed by atoms with Gasteiger partial charge in [-0.25, -0.2) is 4.68 Å². The van der Waals surface area contributed by atoms with Gasteiger partial charge in [0.05, 0.1) is 5.69 Å². The van der Waals surface area contributed by atoms with E-state index in [4.69, 9.17) is 16.7 Å². The van der Waals surface area contributed by atoms with Gasteiger partial charge in [0, 0.05) is 22.8 Å². The molecule has 1 aliphatic carbocycles. The van der Waals surface area contributed by atoms with Crippen LogP contribution in [0, 0.1) is 5.92 Å². The molecular weight excluding hydrogens is 360 g/mol. The summed E-state index contributed by atoms with van der Waals surface area (Å²) in [5.41, 5.74) is 3.88. The molecule has 1 amide bonds. The first-order valence-corrected chi connectivity index (χ1v) is 10.5. The van der Waals surface area contributed by atoms with Crippen LogP contribution in [0.15, 0.2) is 24.3 Å². The fraction of sp³-hybridized carbons (Fsp3) is 0.524. The fourth-order valence-corrected chi connectivity index (χ4v) is 4.31. The molecule has 0 spiro atoms. The van der Waals surface area contributed by atoms with Crippen molar-refractivity contribution in [3.8, 4) is 5.69 Å². The van der Waals surface area contributed by atoms with E-state index in [1.54, 1.807) is 0 Å². The summed E-state index contributed by atoms with van der Waals surface area (Å²) in [5, 5.41) is 11.9. The van der Waals surface area contributed by atoms with Crippen LogP contribution in [0.25, 0.3) is 5.69 Å². The lowest BCUT2D eigenvalue weighted by Crippen LogP contribution is -2.27. The van der Waals surface area contributed by atoms with E-state index >= 15 is 0 Å². The predicted molar refractivity (Wildman–Crippen MR) is 108 cm³/mol. The lowest BCUT2D eigenvalue weighted by Gasteiger charge is -2.09. The number of nitrogens with one attached hydrogen (secondary N) is 2. The van der Waals surface area contributed by atoms with Crippen LogP contribution < -0.4 is 10.6 Å². The minimum absolute atomic E-state index is 0.0354. The Bertz CT molecular complexity index is 793. The highest BCUT2D eigenvalue weighted by Crippen LogP contribution is 2.27. The van der Waals surface area contributed by atoms with E-state index in [0.29, 0.717) is 23.2 Å². The van der Waals surface area contributed by atoms with E-state index in [2.05, 4.69) is 10.6 Å². The number of hydrogen-bond acceptors (Lipinski definition) is 3. The molecule has 4 rings (SSSR count). The van der Waals surface area contributed by atoms with Gasteiger partial charge in [0.1, 0.15) is 0 Å².